The summed E-state index contributed by atoms with van der Waals surface area (Å²) >= 11 is 1.73. The zero-order chi connectivity index (χ0) is 18.4. The number of anilines is 1. The van der Waals surface area contributed by atoms with Crippen LogP contribution in [-0.4, -0.2) is 18.0 Å². The van der Waals surface area contributed by atoms with E-state index >= 15 is 0 Å². The summed E-state index contributed by atoms with van der Waals surface area (Å²) < 4.78 is 5.28. The molecule has 0 spiro atoms. The number of nitrogens with one attached hydrogen (secondary N) is 1. The molecule has 0 saturated carbocycles. The number of nitrogens with zero attached hydrogens (tertiary/aromatic N) is 1. The third kappa shape index (κ3) is 4.64. The molecule has 0 saturated heterocycles. The maximum atomic E-state index is 12.4. The Morgan fingerprint density at radius 1 is 1.15 bits per heavy atom. The molecule has 3 aromatic rings. The van der Waals surface area contributed by atoms with Gasteiger partial charge in [0.05, 0.1) is 7.11 Å². The largest absolute Gasteiger partial charge is 0.496 e. The summed E-state index contributed by atoms with van der Waals surface area (Å²) in [6.07, 6.45) is 3.65. The van der Waals surface area contributed by atoms with Crippen LogP contribution in [0.1, 0.15) is 21.5 Å². The van der Waals surface area contributed by atoms with E-state index in [1.54, 1.807) is 37.2 Å². The van der Waals surface area contributed by atoms with Gasteiger partial charge in [-0.15, -0.1) is 11.8 Å². The van der Waals surface area contributed by atoms with Gasteiger partial charge < -0.3 is 10.1 Å². The molecule has 132 valence electrons. The Hall–Kier alpha value is -2.79. The highest BCUT2D eigenvalue weighted by molar-refractivity contribution is 7.98. The van der Waals surface area contributed by atoms with Crippen molar-refractivity contribution in [3.63, 3.8) is 0 Å². The van der Waals surface area contributed by atoms with Crippen LogP contribution in [0.15, 0.2) is 71.9 Å². The lowest BCUT2D eigenvalue weighted by Crippen LogP contribution is -2.12. The third-order valence-corrected chi connectivity index (χ3v) is 4.99. The molecule has 0 bridgehead atoms. The molecule has 0 aliphatic rings. The number of thioether (sulfide) groups is 1. The minimum absolute atomic E-state index is 0.154. The minimum atomic E-state index is -0.154. The number of benzene rings is 2. The first kappa shape index (κ1) is 18.0. The number of methoxy groups -OCH3 is 1. The van der Waals surface area contributed by atoms with Gasteiger partial charge in [-0.1, -0.05) is 12.1 Å². The Morgan fingerprint density at radius 2 is 1.96 bits per heavy atom. The second-order valence-electron chi connectivity index (χ2n) is 5.81. The lowest BCUT2D eigenvalue weighted by Gasteiger charge is -2.09. The summed E-state index contributed by atoms with van der Waals surface area (Å²) in [6.45, 7) is 1.95. The van der Waals surface area contributed by atoms with Gasteiger partial charge in [-0.2, -0.15) is 0 Å². The number of carbonyl (C=O) groups excluding carboxylic acids is 1. The topological polar surface area (TPSA) is 51.2 Å². The highest BCUT2D eigenvalue weighted by Gasteiger charge is 2.09. The van der Waals surface area contributed by atoms with Crippen LogP contribution in [0.2, 0.25) is 0 Å². The fourth-order valence-electron chi connectivity index (χ4n) is 2.45. The van der Waals surface area contributed by atoms with E-state index in [1.165, 1.54) is 5.56 Å². The van der Waals surface area contributed by atoms with Gasteiger partial charge in [0.25, 0.3) is 5.91 Å². The number of ether oxygens (including phenoxy) is 1. The van der Waals surface area contributed by atoms with E-state index in [0.717, 1.165) is 21.9 Å². The molecule has 0 radical (unpaired) electrons. The van der Waals surface area contributed by atoms with Crippen molar-refractivity contribution in [1.29, 1.82) is 0 Å². The maximum absolute atomic E-state index is 12.4. The van der Waals surface area contributed by atoms with Crippen molar-refractivity contribution in [2.45, 2.75) is 17.6 Å². The first-order valence-electron chi connectivity index (χ1n) is 8.23. The van der Waals surface area contributed by atoms with E-state index in [2.05, 4.69) is 16.4 Å². The standard InChI is InChI=1S/C21H20N2O2S/c1-15-5-6-17(12-20(15)25-2)21(24)23-18-7-9-19(10-8-18)26-14-16-4-3-11-22-13-16/h3-13H,14H2,1-2H3,(H,23,24). The normalized spacial score (nSPS) is 10.4. The molecule has 0 unspecified atom stereocenters. The van der Waals surface area contributed by atoms with Crippen molar-refractivity contribution in [2.24, 2.45) is 0 Å². The molecule has 0 fully saturated rings. The number of hydrogen-bond acceptors (Lipinski definition) is 4. The highest BCUT2D eigenvalue weighted by Crippen LogP contribution is 2.24. The monoisotopic (exact) mass is 364 g/mol. The summed E-state index contributed by atoms with van der Waals surface area (Å²) in [4.78, 5) is 17.7. The Kier molecular flexibility index (Phi) is 5.92. The summed E-state index contributed by atoms with van der Waals surface area (Å²) in [7, 11) is 1.60. The summed E-state index contributed by atoms with van der Waals surface area (Å²) in [5.41, 5.74) is 3.52. The molecule has 3 rings (SSSR count). The van der Waals surface area contributed by atoms with E-state index in [1.807, 2.05) is 49.5 Å². The zero-order valence-electron chi connectivity index (χ0n) is 14.7. The Morgan fingerprint density at radius 3 is 2.65 bits per heavy atom. The van der Waals surface area contributed by atoms with Crippen molar-refractivity contribution in [3.8, 4) is 5.75 Å². The van der Waals surface area contributed by atoms with Crippen LogP contribution in [0.3, 0.4) is 0 Å². The lowest BCUT2D eigenvalue weighted by molar-refractivity contribution is 0.102. The van der Waals surface area contributed by atoms with Crippen molar-refractivity contribution >= 4 is 23.4 Å². The molecule has 5 heteroatoms. The Bertz CT molecular complexity index is 880. The SMILES string of the molecule is COc1cc(C(=O)Nc2ccc(SCc3cccnc3)cc2)ccc1C. The van der Waals surface area contributed by atoms with Crippen molar-refractivity contribution in [1.82, 2.24) is 4.98 Å². The van der Waals surface area contributed by atoms with Gasteiger partial charge in [0, 0.05) is 34.3 Å². The van der Waals surface area contributed by atoms with Gasteiger partial charge in [0.15, 0.2) is 0 Å². The van der Waals surface area contributed by atoms with Crippen LogP contribution in [0.25, 0.3) is 0 Å². The summed E-state index contributed by atoms with van der Waals surface area (Å²) in [6, 6.07) is 17.3. The number of rotatable bonds is 6. The molecule has 26 heavy (non-hydrogen) atoms. The molecule has 1 heterocycles. The Labute approximate surface area is 157 Å². The van der Waals surface area contributed by atoms with Crippen LogP contribution in [0.4, 0.5) is 5.69 Å². The molecule has 0 aliphatic carbocycles. The van der Waals surface area contributed by atoms with Gasteiger partial charge in [0.1, 0.15) is 5.75 Å². The molecular formula is C21H20N2O2S. The fourth-order valence-corrected chi connectivity index (χ4v) is 3.28. The van der Waals surface area contributed by atoms with Crippen molar-refractivity contribution in [2.75, 3.05) is 12.4 Å². The predicted octanol–water partition coefficient (Wildman–Crippen LogP) is 4.94. The molecular weight excluding hydrogens is 344 g/mol. The van der Waals surface area contributed by atoms with E-state index < -0.39 is 0 Å². The van der Waals surface area contributed by atoms with Crippen LogP contribution in [0, 0.1) is 6.92 Å². The van der Waals surface area contributed by atoms with Gasteiger partial charge in [0.2, 0.25) is 0 Å². The average molecular weight is 364 g/mol. The quantitative estimate of drug-likeness (QED) is 0.629. The van der Waals surface area contributed by atoms with Gasteiger partial charge in [-0.3, -0.25) is 9.78 Å². The van der Waals surface area contributed by atoms with E-state index in [9.17, 15) is 4.79 Å². The predicted molar refractivity (Wildman–Crippen MR) is 106 cm³/mol. The Balaban J connectivity index is 1.61. The molecule has 1 aromatic heterocycles. The fraction of sp³-hybridized carbons (Fsp3) is 0.143. The van der Waals surface area contributed by atoms with Gasteiger partial charge >= 0.3 is 0 Å². The van der Waals surface area contributed by atoms with Gasteiger partial charge in [-0.25, -0.2) is 0 Å². The van der Waals surface area contributed by atoms with E-state index in [0.29, 0.717) is 11.3 Å². The second-order valence-corrected chi connectivity index (χ2v) is 6.86. The number of carbonyl (C=O) groups is 1. The average Bonchev–Trinajstić information content (AvgIpc) is 2.68. The molecule has 1 N–H and O–H groups in total. The van der Waals surface area contributed by atoms with Crippen molar-refractivity contribution in [3.05, 3.63) is 83.7 Å². The summed E-state index contributed by atoms with van der Waals surface area (Å²) in [5, 5.41) is 2.92. The van der Waals surface area contributed by atoms with Crippen LogP contribution >= 0.6 is 11.8 Å². The van der Waals surface area contributed by atoms with Gasteiger partial charge in [-0.05, 0) is 60.5 Å². The zero-order valence-corrected chi connectivity index (χ0v) is 15.5. The molecule has 0 aliphatic heterocycles. The highest BCUT2D eigenvalue weighted by atomic mass is 32.2. The first-order chi connectivity index (χ1) is 12.7. The lowest BCUT2D eigenvalue weighted by atomic mass is 10.1. The number of aryl methyl sites for hydroxylation is 1. The van der Waals surface area contributed by atoms with Crippen molar-refractivity contribution < 1.29 is 9.53 Å². The number of amides is 1. The van der Waals surface area contributed by atoms with E-state index in [4.69, 9.17) is 4.74 Å². The molecule has 0 atom stereocenters. The summed E-state index contributed by atoms with van der Waals surface area (Å²) in [5.74, 6) is 1.42. The smallest absolute Gasteiger partial charge is 0.255 e. The van der Waals surface area contributed by atoms with E-state index in [-0.39, 0.29) is 5.91 Å². The first-order valence-corrected chi connectivity index (χ1v) is 9.22. The third-order valence-electron chi connectivity index (χ3n) is 3.91. The van der Waals surface area contributed by atoms with Crippen LogP contribution in [-0.2, 0) is 5.75 Å². The second kappa shape index (κ2) is 8.54. The number of hydrogen-bond donors (Lipinski definition) is 1. The number of pyridine rings is 1. The molecule has 1 amide bonds. The minimum Gasteiger partial charge on any atom is -0.496 e. The van der Waals surface area contributed by atoms with Crippen LogP contribution < -0.4 is 10.1 Å². The van der Waals surface area contributed by atoms with Crippen LogP contribution in [0.5, 0.6) is 5.75 Å². The maximum Gasteiger partial charge on any atom is 0.255 e. The number of aromatic nitrogens is 1. The molecule has 4 nitrogen and oxygen atoms in total. The molecule has 2 aromatic carbocycles.